The molecule has 21 heavy (non-hydrogen) atoms. The summed E-state index contributed by atoms with van der Waals surface area (Å²) in [6.45, 7) is 1.52. The van der Waals surface area contributed by atoms with Crippen LogP contribution in [0.15, 0.2) is 41.2 Å². The van der Waals surface area contributed by atoms with Gasteiger partial charge in [0.1, 0.15) is 12.2 Å². The van der Waals surface area contributed by atoms with Gasteiger partial charge in [0.05, 0.1) is 0 Å². The predicted octanol–water partition coefficient (Wildman–Crippen LogP) is 1.28. The van der Waals surface area contributed by atoms with Crippen molar-refractivity contribution in [2.45, 2.75) is 6.92 Å². The lowest BCUT2D eigenvalue weighted by atomic mass is 10.2. The lowest BCUT2D eigenvalue weighted by molar-refractivity contribution is 0.102. The van der Waals surface area contributed by atoms with Gasteiger partial charge in [-0.1, -0.05) is 17.9 Å². The first-order valence-corrected chi connectivity index (χ1v) is 6.31. The number of carbonyl (C=O) groups excluding carboxylic acids is 1. The summed E-state index contributed by atoms with van der Waals surface area (Å²) in [6.07, 6.45) is 0. The number of pyridine rings is 1. The molecule has 0 aliphatic heterocycles. The first kappa shape index (κ1) is 14.6. The van der Waals surface area contributed by atoms with E-state index in [0.29, 0.717) is 16.9 Å². The molecule has 0 saturated heterocycles. The average Bonchev–Trinajstić information content (AvgIpc) is 2.45. The molecule has 0 aliphatic carbocycles. The number of amides is 1. The first-order chi connectivity index (χ1) is 10.1. The highest BCUT2D eigenvalue weighted by Crippen LogP contribution is 2.10. The highest BCUT2D eigenvalue weighted by Gasteiger charge is 2.10. The van der Waals surface area contributed by atoms with E-state index < -0.39 is 11.5 Å². The maximum Gasteiger partial charge on any atom is 0.261 e. The molecule has 1 heterocycles. The SMILES string of the molecule is Cc1ccc(C(=O)Nc2cccc(C#CCO)c2)c(=O)[nH]1. The molecule has 0 radical (unpaired) electrons. The number of aliphatic hydroxyl groups is 1. The van der Waals surface area contributed by atoms with Crippen molar-refractivity contribution in [3.63, 3.8) is 0 Å². The van der Waals surface area contributed by atoms with Crippen LogP contribution in [-0.4, -0.2) is 22.6 Å². The first-order valence-electron chi connectivity index (χ1n) is 6.31. The van der Waals surface area contributed by atoms with Crippen molar-refractivity contribution in [3.05, 3.63) is 63.6 Å². The number of benzene rings is 1. The van der Waals surface area contributed by atoms with Crippen molar-refractivity contribution in [1.29, 1.82) is 0 Å². The molecule has 1 aromatic carbocycles. The molecule has 106 valence electrons. The van der Waals surface area contributed by atoms with E-state index in [1.54, 1.807) is 37.3 Å². The van der Waals surface area contributed by atoms with Crippen LogP contribution in [0.25, 0.3) is 0 Å². The number of anilines is 1. The fraction of sp³-hybridized carbons (Fsp3) is 0.125. The van der Waals surface area contributed by atoms with Gasteiger partial charge in [-0.2, -0.15) is 0 Å². The zero-order valence-electron chi connectivity index (χ0n) is 11.4. The summed E-state index contributed by atoms with van der Waals surface area (Å²) in [6, 6.07) is 10.0. The molecule has 2 rings (SSSR count). The van der Waals surface area contributed by atoms with Crippen molar-refractivity contribution in [1.82, 2.24) is 4.98 Å². The van der Waals surface area contributed by atoms with Crippen LogP contribution < -0.4 is 10.9 Å². The van der Waals surface area contributed by atoms with Crippen LogP contribution in [0.4, 0.5) is 5.69 Å². The van der Waals surface area contributed by atoms with Gasteiger partial charge in [-0.25, -0.2) is 0 Å². The third-order valence-electron chi connectivity index (χ3n) is 2.73. The van der Waals surface area contributed by atoms with Crippen LogP contribution in [0, 0.1) is 18.8 Å². The third kappa shape index (κ3) is 3.81. The lowest BCUT2D eigenvalue weighted by Crippen LogP contribution is -2.23. The second-order valence-electron chi connectivity index (χ2n) is 4.38. The molecule has 3 N–H and O–H groups in total. The van der Waals surface area contributed by atoms with E-state index in [9.17, 15) is 9.59 Å². The van der Waals surface area contributed by atoms with Crippen LogP contribution >= 0.6 is 0 Å². The monoisotopic (exact) mass is 282 g/mol. The van der Waals surface area contributed by atoms with E-state index in [1.807, 2.05) is 0 Å². The number of H-pyrrole nitrogens is 1. The van der Waals surface area contributed by atoms with E-state index in [4.69, 9.17) is 5.11 Å². The number of aromatic amines is 1. The fourth-order valence-corrected chi connectivity index (χ4v) is 1.77. The fourth-order valence-electron chi connectivity index (χ4n) is 1.77. The summed E-state index contributed by atoms with van der Waals surface area (Å²) in [5, 5.41) is 11.3. The minimum atomic E-state index is -0.483. The Bertz CT molecular complexity index is 782. The summed E-state index contributed by atoms with van der Waals surface area (Å²) in [7, 11) is 0. The van der Waals surface area contributed by atoms with Gasteiger partial charge < -0.3 is 15.4 Å². The lowest BCUT2D eigenvalue weighted by Gasteiger charge is -2.05. The minimum absolute atomic E-state index is 0.0486. The molecule has 0 bridgehead atoms. The van der Waals surface area contributed by atoms with Crippen molar-refractivity contribution < 1.29 is 9.90 Å². The maximum atomic E-state index is 12.1. The second-order valence-corrected chi connectivity index (χ2v) is 4.38. The third-order valence-corrected chi connectivity index (χ3v) is 2.73. The summed E-state index contributed by atoms with van der Waals surface area (Å²) >= 11 is 0. The molecule has 1 amide bonds. The number of rotatable bonds is 2. The Morgan fingerprint density at radius 1 is 1.33 bits per heavy atom. The van der Waals surface area contributed by atoms with Crippen molar-refractivity contribution >= 4 is 11.6 Å². The molecular formula is C16H14N2O3. The van der Waals surface area contributed by atoms with Gasteiger partial charge in [0.2, 0.25) is 0 Å². The highest BCUT2D eigenvalue weighted by molar-refractivity contribution is 6.04. The number of hydrogen-bond acceptors (Lipinski definition) is 3. The molecule has 0 spiro atoms. The zero-order chi connectivity index (χ0) is 15.2. The number of nitrogens with one attached hydrogen (secondary N) is 2. The van der Waals surface area contributed by atoms with Gasteiger partial charge >= 0.3 is 0 Å². The number of aromatic nitrogens is 1. The van der Waals surface area contributed by atoms with E-state index >= 15 is 0 Å². The topological polar surface area (TPSA) is 82.2 Å². The van der Waals surface area contributed by atoms with Crippen LogP contribution in [0.1, 0.15) is 21.6 Å². The summed E-state index contributed by atoms with van der Waals surface area (Å²) in [5.41, 5.74) is 1.51. The molecule has 1 aromatic heterocycles. The minimum Gasteiger partial charge on any atom is -0.384 e. The van der Waals surface area contributed by atoms with E-state index in [0.717, 1.165) is 0 Å². The van der Waals surface area contributed by atoms with Crippen molar-refractivity contribution in [2.24, 2.45) is 0 Å². The molecule has 0 aliphatic rings. The summed E-state index contributed by atoms with van der Waals surface area (Å²) in [5.74, 6) is 4.79. The smallest absolute Gasteiger partial charge is 0.261 e. The second kappa shape index (κ2) is 6.55. The van der Waals surface area contributed by atoms with Gasteiger partial charge in [0.15, 0.2) is 0 Å². The Labute approximate surface area is 121 Å². The number of aryl methyl sites for hydroxylation is 1. The number of carbonyl (C=O) groups is 1. The maximum absolute atomic E-state index is 12.1. The largest absolute Gasteiger partial charge is 0.384 e. The molecule has 0 fully saturated rings. The zero-order valence-corrected chi connectivity index (χ0v) is 11.4. The molecule has 2 aromatic rings. The molecule has 0 atom stereocenters. The molecule has 0 saturated carbocycles. The van der Waals surface area contributed by atoms with Gasteiger partial charge in [0.25, 0.3) is 11.5 Å². The van der Waals surface area contributed by atoms with E-state index in [1.165, 1.54) is 6.07 Å². The van der Waals surface area contributed by atoms with Gasteiger partial charge in [-0.05, 0) is 37.3 Å². The van der Waals surface area contributed by atoms with Crippen LogP contribution in [0.3, 0.4) is 0 Å². The Morgan fingerprint density at radius 3 is 2.86 bits per heavy atom. The molecular weight excluding hydrogens is 268 g/mol. The summed E-state index contributed by atoms with van der Waals surface area (Å²) < 4.78 is 0. The quantitative estimate of drug-likeness (QED) is 0.726. The Hall–Kier alpha value is -2.84. The number of hydrogen-bond donors (Lipinski definition) is 3. The highest BCUT2D eigenvalue weighted by atomic mass is 16.2. The van der Waals surface area contributed by atoms with Gasteiger partial charge in [0, 0.05) is 16.9 Å². The Morgan fingerprint density at radius 2 is 2.14 bits per heavy atom. The van der Waals surface area contributed by atoms with E-state index in [-0.39, 0.29) is 12.2 Å². The Kier molecular flexibility index (Phi) is 4.54. The van der Waals surface area contributed by atoms with Crippen molar-refractivity contribution in [2.75, 3.05) is 11.9 Å². The van der Waals surface area contributed by atoms with Crippen LogP contribution in [-0.2, 0) is 0 Å². The molecule has 0 unspecified atom stereocenters. The van der Waals surface area contributed by atoms with Gasteiger partial charge in [-0.3, -0.25) is 9.59 Å². The normalized spacial score (nSPS) is 9.62. The molecule has 5 nitrogen and oxygen atoms in total. The van der Waals surface area contributed by atoms with Crippen LogP contribution in [0.2, 0.25) is 0 Å². The van der Waals surface area contributed by atoms with Gasteiger partial charge in [-0.15, -0.1) is 0 Å². The molecule has 5 heteroatoms. The number of aliphatic hydroxyl groups excluding tert-OH is 1. The summed E-state index contributed by atoms with van der Waals surface area (Å²) in [4.78, 5) is 26.4. The Balaban J connectivity index is 2.21. The standard InChI is InChI=1S/C16H14N2O3/c1-11-7-8-14(15(20)17-11)16(21)18-13-6-2-4-12(10-13)5-3-9-19/h2,4,6-8,10,19H,9H2,1H3,(H,17,20)(H,18,21). The van der Waals surface area contributed by atoms with E-state index in [2.05, 4.69) is 22.1 Å². The predicted molar refractivity (Wildman–Crippen MR) is 80.2 cm³/mol. The average molecular weight is 282 g/mol. The van der Waals surface area contributed by atoms with Crippen LogP contribution in [0.5, 0.6) is 0 Å². The van der Waals surface area contributed by atoms with Crippen molar-refractivity contribution in [3.8, 4) is 11.8 Å².